The van der Waals surface area contributed by atoms with E-state index in [-0.39, 0.29) is 10.5 Å². The molecular formula is C17H20N4O3S. The topological polar surface area (TPSA) is 86.4 Å². The number of rotatable bonds is 3. The third-order valence-electron chi connectivity index (χ3n) is 4.90. The smallest absolute Gasteiger partial charge is 0.253 e. The van der Waals surface area contributed by atoms with E-state index < -0.39 is 10.0 Å². The number of aromatic nitrogens is 2. The van der Waals surface area contributed by atoms with Crippen LogP contribution in [-0.2, 0) is 23.0 Å². The van der Waals surface area contributed by atoms with E-state index in [2.05, 4.69) is 9.97 Å². The molecule has 1 fully saturated rings. The molecule has 2 aromatic rings. The fraction of sp³-hybridized carbons (Fsp3) is 0.412. The number of hydrogen-bond donors (Lipinski definition) is 1. The van der Waals surface area contributed by atoms with E-state index in [4.69, 9.17) is 0 Å². The maximum absolute atomic E-state index is 12.7. The minimum Gasteiger partial charge on any atom is -0.352 e. The first kappa shape index (κ1) is 16.3. The highest BCUT2D eigenvalue weighted by molar-refractivity contribution is 7.89. The van der Waals surface area contributed by atoms with Crippen molar-refractivity contribution in [1.82, 2.24) is 14.3 Å². The van der Waals surface area contributed by atoms with E-state index in [1.54, 1.807) is 18.3 Å². The molecule has 132 valence electrons. The molecule has 0 aromatic carbocycles. The van der Waals surface area contributed by atoms with Gasteiger partial charge < -0.3 is 9.88 Å². The maximum atomic E-state index is 12.7. The number of anilines is 1. The standard InChI is InChI=1S/C17H20N4O3S/c22-17-15-12-20(10-5-13(15)3-6-19-17)16-11-14(4-7-18-16)25(23,24)21-8-1-2-9-21/h3-4,6-7,11H,1-2,5,8-10,12H2,(H,19,22). The van der Waals surface area contributed by atoms with Crippen molar-refractivity contribution in [2.45, 2.75) is 30.7 Å². The van der Waals surface area contributed by atoms with E-state index in [9.17, 15) is 13.2 Å². The molecule has 4 heterocycles. The molecule has 8 heteroatoms. The summed E-state index contributed by atoms with van der Waals surface area (Å²) >= 11 is 0. The van der Waals surface area contributed by atoms with Gasteiger partial charge >= 0.3 is 0 Å². The molecule has 0 aliphatic carbocycles. The second-order valence-electron chi connectivity index (χ2n) is 6.44. The monoisotopic (exact) mass is 360 g/mol. The molecule has 0 saturated carbocycles. The van der Waals surface area contributed by atoms with Gasteiger partial charge in [0.25, 0.3) is 5.56 Å². The predicted octanol–water partition coefficient (Wildman–Crippen LogP) is 1.12. The molecule has 0 radical (unpaired) electrons. The van der Waals surface area contributed by atoms with Gasteiger partial charge in [0.2, 0.25) is 10.0 Å². The van der Waals surface area contributed by atoms with Crippen LogP contribution in [0.2, 0.25) is 0 Å². The lowest BCUT2D eigenvalue weighted by molar-refractivity contribution is 0.477. The number of fused-ring (bicyclic) bond motifs is 1. The molecule has 2 aliphatic rings. The number of hydrogen-bond acceptors (Lipinski definition) is 5. The van der Waals surface area contributed by atoms with Crippen LogP contribution in [0.25, 0.3) is 0 Å². The molecule has 25 heavy (non-hydrogen) atoms. The van der Waals surface area contributed by atoms with Gasteiger partial charge in [0.05, 0.1) is 11.4 Å². The molecule has 2 aromatic heterocycles. The maximum Gasteiger partial charge on any atom is 0.253 e. The van der Waals surface area contributed by atoms with E-state index in [0.717, 1.165) is 30.4 Å². The predicted molar refractivity (Wildman–Crippen MR) is 94.0 cm³/mol. The Kier molecular flexibility index (Phi) is 4.09. The van der Waals surface area contributed by atoms with Crippen LogP contribution < -0.4 is 10.5 Å². The van der Waals surface area contributed by atoms with Crippen molar-refractivity contribution in [3.8, 4) is 0 Å². The number of nitrogens with zero attached hydrogens (tertiary/aromatic N) is 3. The quantitative estimate of drug-likeness (QED) is 0.886. The second kappa shape index (κ2) is 6.27. The summed E-state index contributed by atoms with van der Waals surface area (Å²) in [5.41, 5.74) is 1.67. The fourth-order valence-corrected chi connectivity index (χ4v) is 5.01. The van der Waals surface area contributed by atoms with Crippen LogP contribution in [0, 0.1) is 0 Å². The number of nitrogens with one attached hydrogen (secondary N) is 1. The second-order valence-corrected chi connectivity index (χ2v) is 8.38. The van der Waals surface area contributed by atoms with Crippen molar-refractivity contribution in [3.63, 3.8) is 0 Å². The Bertz CT molecular complexity index is 948. The van der Waals surface area contributed by atoms with E-state index in [1.165, 1.54) is 10.5 Å². The van der Waals surface area contributed by atoms with Crippen LogP contribution in [-0.4, -0.2) is 42.3 Å². The summed E-state index contributed by atoms with van der Waals surface area (Å²) in [6, 6.07) is 5.09. The third kappa shape index (κ3) is 2.96. The van der Waals surface area contributed by atoms with Crippen molar-refractivity contribution in [2.24, 2.45) is 0 Å². The summed E-state index contributed by atoms with van der Waals surface area (Å²) in [6.07, 6.45) is 5.75. The zero-order valence-corrected chi connectivity index (χ0v) is 14.6. The molecule has 0 bridgehead atoms. The van der Waals surface area contributed by atoms with Gasteiger partial charge in [-0.05, 0) is 37.0 Å². The first-order chi connectivity index (χ1) is 12.1. The number of H-pyrrole nitrogens is 1. The van der Waals surface area contributed by atoms with E-state index in [1.807, 2.05) is 11.0 Å². The Morgan fingerprint density at radius 3 is 2.72 bits per heavy atom. The molecular weight excluding hydrogens is 340 g/mol. The lowest BCUT2D eigenvalue weighted by Gasteiger charge is -2.29. The summed E-state index contributed by atoms with van der Waals surface area (Å²) in [4.78, 5) is 21.3. The van der Waals surface area contributed by atoms with Gasteiger partial charge in [-0.15, -0.1) is 0 Å². The van der Waals surface area contributed by atoms with Crippen molar-refractivity contribution in [2.75, 3.05) is 24.5 Å². The van der Waals surface area contributed by atoms with Gasteiger partial charge in [0.1, 0.15) is 5.82 Å². The van der Waals surface area contributed by atoms with Crippen molar-refractivity contribution < 1.29 is 8.42 Å². The highest BCUT2D eigenvalue weighted by atomic mass is 32.2. The van der Waals surface area contributed by atoms with Crippen LogP contribution in [0.3, 0.4) is 0 Å². The Morgan fingerprint density at radius 1 is 1.12 bits per heavy atom. The lowest BCUT2D eigenvalue weighted by atomic mass is 10.0. The van der Waals surface area contributed by atoms with Crippen molar-refractivity contribution in [3.05, 3.63) is 52.1 Å². The van der Waals surface area contributed by atoms with Crippen molar-refractivity contribution >= 4 is 15.8 Å². The summed E-state index contributed by atoms with van der Waals surface area (Å²) in [7, 11) is -3.47. The van der Waals surface area contributed by atoms with Crippen LogP contribution in [0.5, 0.6) is 0 Å². The van der Waals surface area contributed by atoms with Crippen LogP contribution in [0.4, 0.5) is 5.82 Å². The molecule has 0 spiro atoms. The molecule has 0 unspecified atom stereocenters. The van der Waals surface area contributed by atoms with Gasteiger partial charge in [0.15, 0.2) is 0 Å². The Labute approximate surface area is 146 Å². The largest absolute Gasteiger partial charge is 0.352 e. The molecule has 0 atom stereocenters. The van der Waals surface area contributed by atoms with Gasteiger partial charge in [-0.2, -0.15) is 4.31 Å². The summed E-state index contributed by atoms with van der Waals surface area (Å²) in [5.74, 6) is 0.592. The SMILES string of the molecule is O=c1[nH]ccc2c1CN(c1cc(S(=O)(=O)N3CCCC3)ccn1)CC2. The number of sulfonamides is 1. The highest BCUT2D eigenvalue weighted by Crippen LogP contribution is 2.25. The molecule has 2 aliphatic heterocycles. The van der Waals surface area contributed by atoms with Crippen molar-refractivity contribution in [1.29, 1.82) is 0 Å². The normalized spacial score (nSPS) is 18.3. The minimum absolute atomic E-state index is 0.0944. The fourth-order valence-electron chi connectivity index (χ4n) is 3.49. The lowest BCUT2D eigenvalue weighted by Crippen LogP contribution is -2.35. The van der Waals surface area contributed by atoms with Gasteiger partial charge in [-0.25, -0.2) is 13.4 Å². The molecule has 4 rings (SSSR count). The van der Waals surface area contributed by atoms with Crippen LogP contribution in [0.15, 0.2) is 40.3 Å². The van der Waals surface area contributed by atoms with Crippen LogP contribution in [0.1, 0.15) is 24.0 Å². The zero-order valence-electron chi connectivity index (χ0n) is 13.8. The molecule has 7 nitrogen and oxygen atoms in total. The minimum atomic E-state index is -3.47. The van der Waals surface area contributed by atoms with Crippen LogP contribution >= 0.6 is 0 Å². The van der Waals surface area contributed by atoms with E-state index in [0.29, 0.717) is 32.0 Å². The average molecular weight is 360 g/mol. The van der Waals surface area contributed by atoms with Gasteiger partial charge in [-0.1, -0.05) is 0 Å². The van der Waals surface area contributed by atoms with Gasteiger partial charge in [0, 0.05) is 43.7 Å². The Hall–Kier alpha value is -2.19. The number of aromatic amines is 1. The first-order valence-corrected chi connectivity index (χ1v) is 9.90. The zero-order chi connectivity index (χ0) is 17.4. The third-order valence-corrected chi connectivity index (χ3v) is 6.80. The molecule has 1 saturated heterocycles. The average Bonchev–Trinajstić information content (AvgIpc) is 3.17. The summed E-state index contributed by atoms with van der Waals surface area (Å²) in [5, 5.41) is 0. The summed E-state index contributed by atoms with van der Waals surface area (Å²) in [6.45, 7) is 2.29. The first-order valence-electron chi connectivity index (χ1n) is 8.46. The Balaban J connectivity index is 1.64. The molecule has 1 N–H and O–H groups in total. The number of pyridine rings is 2. The molecule has 0 amide bonds. The Morgan fingerprint density at radius 2 is 1.92 bits per heavy atom. The highest BCUT2D eigenvalue weighted by Gasteiger charge is 2.28. The summed E-state index contributed by atoms with van der Waals surface area (Å²) < 4.78 is 27.0. The van der Waals surface area contributed by atoms with Gasteiger partial charge in [-0.3, -0.25) is 4.79 Å². The van der Waals surface area contributed by atoms with E-state index >= 15 is 0 Å².